The van der Waals surface area contributed by atoms with Crippen LogP contribution in [0.2, 0.25) is 0 Å². The highest BCUT2D eigenvalue weighted by Crippen LogP contribution is 2.09. The molecule has 1 N–H and O–H groups in total. The van der Waals surface area contributed by atoms with Crippen LogP contribution in [-0.4, -0.2) is 13.2 Å². The Morgan fingerprint density at radius 3 is 2.81 bits per heavy atom. The van der Waals surface area contributed by atoms with Crippen molar-refractivity contribution in [2.45, 2.75) is 26.8 Å². The van der Waals surface area contributed by atoms with Gasteiger partial charge in [-0.1, -0.05) is 24.8 Å². The van der Waals surface area contributed by atoms with Crippen molar-refractivity contribution in [3.8, 4) is 0 Å². The molecule has 0 fully saturated rings. The van der Waals surface area contributed by atoms with Crippen molar-refractivity contribution >= 4 is 0 Å². The second-order valence-corrected chi connectivity index (χ2v) is 3.99. The first-order valence-electron chi connectivity index (χ1n) is 5.73. The Hall–Kier alpha value is -1.28. The lowest BCUT2D eigenvalue weighted by Crippen LogP contribution is -2.16. The molecule has 0 amide bonds. The number of ether oxygens (including phenoxy) is 1. The van der Waals surface area contributed by atoms with Crippen molar-refractivity contribution in [3.63, 3.8) is 0 Å². The number of nitrogens with one attached hydrogen (secondary N) is 1. The van der Waals surface area contributed by atoms with E-state index >= 15 is 0 Å². The van der Waals surface area contributed by atoms with Crippen LogP contribution in [0, 0.1) is 13.8 Å². The molecule has 0 heterocycles. The van der Waals surface area contributed by atoms with E-state index in [1.807, 2.05) is 0 Å². The summed E-state index contributed by atoms with van der Waals surface area (Å²) in [6.07, 6.45) is 2.50. The summed E-state index contributed by atoms with van der Waals surface area (Å²) in [7, 11) is 0. The second kappa shape index (κ2) is 7.07. The molecule has 16 heavy (non-hydrogen) atoms. The minimum absolute atomic E-state index is 0.740. The van der Waals surface area contributed by atoms with Crippen molar-refractivity contribution in [1.29, 1.82) is 0 Å². The van der Waals surface area contributed by atoms with Crippen molar-refractivity contribution in [1.82, 2.24) is 5.32 Å². The summed E-state index contributed by atoms with van der Waals surface area (Å²) in [5.74, 6) is 0. The molecule has 1 rings (SSSR count). The molecule has 0 aliphatic rings. The van der Waals surface area contributed by atoms with E-state index in [0.29, 0.717) is 0 Å². The number of aryl methyl sites for hydroxylation is 2. The second-order valence-electron chi connectivity index (χ2n) is 3.99. The molecule has 0 saturated carbocycles. The maximum absolute atomic E-state index is 5.04. The average Bonchev–Trinajstić information content (AvgIpc) is 2.28. The van der Waals surface area contributed by atoms with Gasteiger partial charge in [0.2, 0.25) is 0 Å². The van der Waals surface area contributed by atoms with E-state index < -0.39 is 0 Å². The molecule has 0 radical (unpaired) electrons. The van der Waals surface area contributed by atoms with Gasteiger partial charge in [-0.25, -0.2) is 0 Å². The monoisotopic (exact) mass is 219 g/mol. The molecule has 1 aromatic rings. The van der Waals surface area contributed by atoms with E-state index in [0.717, 1.165) is 26.1 Å². The van der Waals surface area contributed by atoms with Crippen molar-refractivity contribution in [2.24, 2.45) is 0 Å². The van der Waals surface area contributed by atoms with Gasteiger partial charge < -0.3 is 10.1 Å². The lowest BCUT2D eigenvalue weighted by atomic mass is 10.1. The Morgan fingerprint density at radius 1 is 1.31 bits per heavy atom. The molecule has 2 heteroatoms. The third kappa shape index (κ3) is 4.49. The van der Waals surface area contributed by atoms with Crippen LogP contribution in [0.5, 0.6) is 0 Å². The molecule has 1 aromatic carbocycles. The Balaban J connectivity index is 2.21. The number of benzene rings is 1. The Morgan fingerprint density at radius 2 is 2.12 bits per heavy atom. The summed E-state index contributed by atoms with van der Waals surface area (Å²) in [4.78, 5) is 0. The van der Waals surface area contributed by atoms with Gasteiger partial charge in [0, 0.05) is 6.54 Å². The molecule has 2 nitrogen and oxygen atoms in total. The summed E-state index contributed by atoms with van der Waals surface area (Å²) in [6.45, 7) is 10.4. The van der Waals surface area contributed by atoms with Crippen LogP contribution < -0.4 is 5.32 Å². The molecule has 0 aliphatic heterocycles. The highest BCUT2D eigenvalue weighted by Gasteiger charge is 1.96. The van der Waals surface area contributed by atoms with Gasteiger partial charge >= 0.3 is 0 Å². The van der Waals surface area contributed by atoms with Crippen LogP contribution in [0.15, 0.2) is 31.0 Å². The molecule has 0 unspecified atom stereocenters. The van der Waals surface area contributed by atoms with E-state index in [9.17, 15) is 0 Å². The molecule has 0 bridgehead atoms. The predicted octanol–water partition coefficient (Wildman–Crippen LogP) is 2.94. The topological polar surface area (TPSA) is 21.3 Å². The third-order valence-corrected chi connectivity index (χ3v) is 2.63. The van der Waals surface area contributed by atoms with Crippen molar-refractivity contribution in [3.05, 3.63) is 47.7 Å². The fourth-order valence-corrected chi connectivity index (χ4v) is 1.51. The highest BCUT2D eigenvalue weighted by molar-refractivity contribution is 5.29. The number of hydrogen-bond acceptors (Lipinski definition) is 2. The zero-order chi connectivity index (χ0) is 11.8. The van der Waals surface area contributed by atoms with Gasteiger partial charge in [0.25, 0.3) is 0 Å². The maximum atomic E-state index is 5.04. The predicted molar refractivity (Wildman–Crippen MR) is 68.4 cm³/mol. The minimum Gasteiger partial charge on any atom is -0.502 e. The van der Waals surface area contributed by atoms with Gasteiger partial charge in [-0.2, -0.15) is 0 Å². The van der Waals surface area contributed by atoms with E-state index in [1.165, 1.54) is 23.0 Å². The lowest BCUT2D eigenvalue weighted by Gasteiger charge is -2.07. The van der Waals surface area contributed by atoms with Crippen molar-refractivity contribution in [2.75, 3.05) is 13.2 Å². The summed E-state index contributed by atoms with van der Waals surface area (Å²) in [6, 6.07) is 6.59. The largest absolute Gasteiger partial charge is 0.502 e. The maximum Gasteiger partial charge on any atom is 0.0885 e. The van der Waals surface area contributed by atoms with Gasteiger partial charge in [0.1, 0.15) is 0 Å². The quantitative estimate of drug-likeness (QED) is 0.562. The molecular weight excluding hydrogens is 198 g/mol. The SMILES string of the molecule is C=COCCCNCc1ccc(C)c(C)c1. The number of hydrogen-bond donors (Lipinski definition) is 1. The first kappa shape index (κ1) is 12.8. The van der Waals surface area contributed by atoms with Crippen LogP contribution >= 0.6 is 0 Å². The average molecular weight is 219 g/mol. The Bertz CT molecular complexity index is 334. The van der Waals surface area contributed by atoms with E-state index in [1.54, 1.807) is 0 Å². The van der Waals surface area contributed by atoms with Crippen LogP contribution in [0.4, 0.5) is 0 Å². The molecule has 0 aromatic heterocycles. The molecule has 0 spiro atoms. The number of rotatable bonds is 7. The Labute approximate surface area is 98.3 Å². The summed E-state index contributed by atoms with van der Waals surface area (Å²) >= 11 is 0. The molecule has 88 valence electrons. The smallest absolute Gasteiger partial charge is 0.0885 e. The first-order chi connectivity index (χ1) is 7.74. The highest BCUT2D eigenvalue weighted by atomic mass is 16.5. The van der Waals surface area contributed by atoms with Gasteiger partial charge in [0.15, 0.2) is 0 Å². The summed E-state index contributed by atoms with van der Waals surface area (Å²) in [5, 5.41) is 3.39. The standard InChI is InChI=1S/C14H21NO/c1-4-16-9-5-8-15-11-14-7-6-12(2)13(3)10-14/h4,6-7,10,15H,1,5,8-9,11H2,2-3H3. The fraction of sp³-hybridized carbons (Fsp3) is 0.429. The molecule has 0 atom stereocenters. The minimum atomic E-state index is 0.740. The zero-order valence-corrected chi connectivity index (χ0v) is 10.3. The van der Waals surface area contributed by atoms with Crippen LogP contribution in [-0.2, 0) is 11.3 Å². The Kier molecular flexibility index (Phi) is 5.65. The molecule has 0 saturated heterocycles. The first-order valence-corrected chi connectivity index (χ1v) is 5.73. The fourth-order valence-electron chi connectivity index (χ4n) is 1.51. The van der Waals surface area contributed by atoms with Gasteiger partial charge in [-0.15, -0.1) is 0 Å². The summed E-state index contributed by atoms with van der Waals surface area (Å²) < 4.78 is 5.04. The zero-order valence-electron chi connectivity index (χ0n) is 10.3. The van der Waals surface area contributed by atoms with E-state index in [4.69, 9.17) is 4.74 Å². The van der Waals surface area contributed by atoms with E-state index in [2.05, 4.69) is 43.9 Å². The normalized spacial score (nSPS) is 10.1. The molecular formula is C14H21NO. The van der Waals surface area contributed by atoms with Gasteiger partial charge in [-0.3, -0.25) is 0 Å². The van der Waals surface area contributed by atoms with Crippen LogP contribution in [0.25, 0.3) is 0 Å². The van der Waals surface area contributed by atoms with E-state index in [-0.39, 0.29) is 0 Å². The van der Waals surface area contributed by atoms with Crippen LogP contribution in [0.1, 0.15) is 23.1 Å². The third-order valence-electron chi connectivity index (χ3n) is 2.63. The lowest BCUT2D eigenvalue weighted by molar-refractivity contribution is 0.244. The summed E-state index contributed by atoms with van der Waals surface area (Å²) in [5.41, 5.74) is 4.05. The molecule has 0 aliphatic carbocycles. The van der Waals surface area contributed by atoms with Crippen LogP contribution in [0.3, 0.4) is 0 Å². The van der Waals surface area contributed by atoms with Gasteiger partial charge in [-0.05, 0) is 43.5 Å². The van der Waals surface area contributed by atoms with Crippen molar-refractivity contribution < 1.29 is 4.74 Å². The van der Waals surface area contributed by atoms with Gasteiger partial charge in [0.05, 0.1) is 12.9 Å².